The Morgan fingerprint density at radius 1 is 1.47 bits per heavy atom. The molecule has 100 valence electrons. The van der Waals surface area contributed by atoms with Crippen molar-refractivity contribution in [2.45, 2.75) is 51.4 Å². The fourth-order valence-electron chi connectivity index (χ4n) is 1.78. The van der Waals surface area contributed by atoms with Crippen molar-refractivity contribution in [1.29, 1.82) is 0 Å². The van der Waals surface area contributed by atoms with Gasteiger partial charge in [-0.3, -0.25) is 4.79 Å². The van der Waals surface area contributed by atoms with Gasteiger partial charge >= 0.3 is 0 Å². The minimum absolute atomic E-state index is 0.0648. The lowest BCUT2D eigenvalue weighted by Crippen LogP contribution is -2.44. The van der Waals surface area contributed by atoms with Gasteiger partial charge in [-0.05, 0) is 18.1 Å². The van der Waals surface area contributed by atoms with Gasteiger partial charge in [-0.1, -0.05) is 20.8 Å². The molecule has 17 heavy (non-hydrogen) atoms. The third-order valence-electron chi connectivity index (χ3n) is 3.85. The molecule has 0 bridgehead atoms. The van der Waals surface area contributed by atoms with Gasteiger partial charge < -0.3 is 15.1 Å². The molecule has 0 saturated carbocycles. The Morgan fingerprint density at radius 3 is 2.53 bits per heavy atom. The van der Waals surface area contributed by atoms with E-state index in [0.29, 0.717) is 26.1 Å². The van der Waals surface area contributed by atoms with Crippen LogP contribution in [0.1, 0.15) is 27.2 Å². The predicted octanol–water partition coefficient (Wildman–Crippen LogP) is 1.57. The van der Waals surface area contributed by atoms with Crippen LogP contribution in [0.3, 0.4) is 0 Å². The molecule has 0 radical (unpaired) electrons. The SMILES string of the molecule is CC(C)(C)[Si](C)(C)O[C@@H]1CC(=O)N(CCN)C1. The molecule has 5 heteroatoms. The quantitative estimate of drug-likeness (QED) is 0.779. The van der Waals surface area contributed by atoms with Gasteiger partial charge in [0.05, 0.1) is 12.5 Å². The first kappa shape index (κ1) is 14.7. The van der Waals surface area contributed by atoms with Crippen LogP contribution in [0.25, 0.3) is 0 Å². The topological polar surface area (TPSA) is 55.6 Å². The molecular weight excluding hydrogens is 232 g/mol. The summed E-state index contributed by atoms with van der Waals surface area (Å²) in [7, 11) is -1.76. The molecule has 1 fully saturated rings. The highest BCUT2D eigenvalue weighted by Crippen LogP contribution is 2.38. The molecule has 4 nitrogen and oxygen atoms in total. The van der Waals surface area contributed by atoms with Crippen LogP contribution in [0.4, 0.5) is 0 Å². The van der Waals surface area contributed by atoms with Crippen molar-refractivity contribution >= 4 is 14.2 Å². The summed E-state index contributed by atoms with van der Waals surface area (Å²) in [6, 6.07) is 0. The Balaban J connectivity index is 2.58. The molecule has 0 aromatic carbocycles. The molecule has 0 aliphatic carbocycles. The van der Waals surface area contributed by atoms with Crippen LogP contribution in [0, 0.1) is 0 Å². The lowest BCUT2D eigenvalue weighted by Gasteiger charge is -2.38. The van der Waals surface area contributed by atoms with Crippen molar-refractivity contribution in [3.05, 3.63) is 0 Å². The second-order valence-corrected chi connectivity index (χ2v) is 11.1. The highest BCUT2D eigenvalue weighted by Gasteiger charge is 2.41. The molecule has 1 aliphatic rings. The van der Waals surface area contributed by atoms with Crippen LogP contribution in [-0.4, -0.2) is 44.9 Å². The predicted molar refractivity (Wildman–Crippen MR) is 72.3 cm³/mol. The van der Waals surface area contributed by atoms with Crippen LogP contribution in [-0.2, 0) is 9.22 Å². The van der Waals surface area contributed by atoms with Crippen LogP contribution >= 0.6 is 0 Å². The third-order valence-corrected chi connectivity index (χ3v) is 8.38. The van der Waals surface area contributed by atoms with E-state index in [1.165, 1.54) is 0 Å². The second kappa shape index (κ2) is 5.08. The standard InChI is InChI=1S/C12H26N2O2Si/c1-12(2,3)17(4,5)16-10-8-11(15)14(9-10)7-6-13/h10H,6-9,13H2,1-5H3/t10-/m1/s1. The molecule has 1 amide bonds. The van der Waals surface area contributed by atoms with E-state index in [0.717, 1.165) is 0 Å². The monoisotopic (exact) mass is 258 g/mol. The van der Waals surface area contributed by atoms with Gasteiger partial charge in [0.25, 0.3) is 0 Å². The number of hydrogen-bond donors (Lipinski definition) is 1. The summed E-state index contributed by atoms with van der Waals surface area (Å²) in [5.41, 5.74) is 5.49. The molecule has 1 saturated heterocycles. The Labute approximate surface area is 106 Å². The Hall–Kier alpha value is -0.393. The number of hydrogen-bond acceptors (Lipinski definition) is 3. The molecule has 0 spiro atoms. The third kappa shape index (κ3) is 3.53. The number of carbonyl (C=O) groups is 1. The first-order valence-electron chi connectivity index (χ1n) is 6.33. The average molecular weight is 258 g/mol. The molecular formula is C12H26N2O2Si. The maximum Gasteiger partial charge on any atom is 0.225 e. The second-order valence-electron chi connectivity index (χ2n) is 6.33. The van der Waals surface area contributed by atoms with Crippen LogP contribution < -0.4 is 5.73 Å². The fraction of sp³-hybridized carbons (Fsp3) is 0.917. The maximum absolute atomic E-state index is 11.7. The molecule has 0 aromatic heterocycles. The summed E-state index contributed by atoms with van der Waals surface area (Å²) in [5.74, 6) is 0.180. The molecule has 0 aromatic rings. The molecule has 1 aliphatic heterocycles. The van der Waals surface area contributed by atoms with Crippen molar-refractivity contribution in [3.8, 4) is 0 Å². The summed E-state index contributed by atoms with van der Waals surface area (Å²) in [6.45, 7) is 13.0. The van der Waals surface area contributed by atoms with E-state index in [1.807, 2.05) is 4.90 Å². The smallest absolute Gasteiger partial charge is 0.225 e. The zero-order chi connectivity index (χ0) is 13.3. The normalized spacial score (nSPS) is 22.4. The molecule has 0 unspecified atom stereocenters. The zero-order valence-electron chi connectivity index (χ0n) is 11.7. The molecule has 1 rings (SSSR count). The number of nitrogens with two attached hydrogens (primary N) is 1. The lowest BCUT2D eigenvalue weighted by molar-refractivity contribution is -0.127. The number of nitrogens with zero attached hydrogens (tertiary/aromatic N) is 1. The molecule has 1 heterocycles. The van der Waals surface area contributed by atoms with Crippen LogP contribution in [0.2, 0.25) is 18.1 Å². The summed E-state index contributed by atoms with van der Waals surface area (Å²) >= 11 is 0. The summed E-state index contributed by atoms with van der Waals surface area (Å²) in [6.07, 6.45) is 0.585. The van der Waals surface area contributed by atoms with E-state index >= 15 is 0 Å². The Kier molecular flexibility index (Phi) is 4.38. The highest BCUT2D eigenvalue weighted by molar-refractivity contribution is 6.74. The van der Waals surface area contributed by atoms with E-state index in [2.05, 4.69) is 33.9 Å². The van der Waals surface area contributed by atoms with Gasteiger partial charge in [0, 0.05) is 19.6 Å². The first-order valence-corrected chi connectivity index (χ1v) is 9.24. The van der Waals surface area contributed by atoms with Gasteiger partial charge in [0.15, 0.2) is 8.32 Å². The van der Waals surface area contributed by atoms with Gasteiger partial charge in [-0.25, -0.2) is 0 Å². The minimum Gasteiger partial charge on any atom is -0.412 e. The van der Waals surface area contributed by atoms with E-state index in [9.17, 15) is 4.79 Å². The number of amides is 1. The van der Waals surface area contributed by atoms with Gasteiger partial charge in [-0.2, -0.15) is 0 Å². The molecule has 2 N–H and O–H groups in total. The van der Waals surface area contributed by atoms with Crippen molar-refractivity contribution < 1.29 is 9.22 Å². The van der Waals surface area contributed by atoms with Crippen molar-refractivity contribution in [2.75, 3.05) is 19.6 Å². The van der Waals surface area contributed by atoms with Gasteiger partial charge in [0.2, 0.25) is 5.91 Å². The molecule has 1 atom stereocenters. The maximum atomic E-state index is 11.7. The van der Waals surface area contributed by atoms with E-state index in [1.54, 1.807) is 0 Å². The fourth-order valence-corrected chi connectivity index (χ4v) is 3.12. The minimum atomic E-state index is -1.76. The van der Waals surface area contributed by atoms with Crippen LogP contribution in [0.15, 0.2) is 0 Å². The zero-order valence-corrected chi connectivity index (χ0v) is 12.7. The Bertz CT molecular complexity index is 287. The number of likely N-dealkylation sites (tertiary alicyclic amines) is 1. The van der Waals surface area contributed by atoms with Crippen LogP contribution in [0.5, 0.6) is 0 Å². The number of rotatable bonds is 4. The largest absolute Gasteiger partial charge is 0.412 e. The van der Waals surface area contributed by atoms with Crippen molar-refractivity contribution in [2.24, 2.45) is 5.73 Å². The van der Waals surface area contributed by atoms with Gasteiger partial charge in [0.1, 0.15) is 0 Å². The van der Waals surface area contributed by atoms with Gasteiger partial charge in [-0.15, -0.1) is 0 Å². The lowest BCUT2D eigenvalue weighted by atomic mass is 10.2. The summed E-state index contributed by atoms with van der Waals surface area (Å²) < 4.78 is 6.25. The summed E-state index contributed by atoms with van der Waals surface area (Å²) in [4.78, 5) is 13.5. The first-order chi connectivity index (χ1) is 7.67. The summed E-state index contributed by atoms with van der Waals surface area (Å²) in [5, 5.41) is 0.192. The van der Waals surface area contributed by atoms with Crippen molar-refractivity contribution in [3.63, 3.8) is 0 Å². The van der Waals surface area contributed by atoms with E-state index in [4.69, 9.17) is 10.2 Å². The number of carbonyl (C=O) groups excluding carboxylic acids is 1. The van der Waals surface area contributed by atoms with E-state index in [-0.39, 0.29) is 17.0 Å². The van der Waals surface area contributed by atoms with Crippen molar-refractivity contribution in [1.82, 2.24) is 4.90 Å². The Morgan fingerprint density at radius 2 is 2.06 bits per heavy atom. The highest BCUT2D eigenvalue weighted by atomic mass is 28.4. The average Bonchev–Trinajstić information content (AvgIpc) is 2.44. The van der Waals surface area contributed by atoms with E-state index < -0.39 is 8.32 Å².